The molecule has 0 spiro atoms. The van der Waals surface area contributed by atoms with Gasteiger partial charge < -0.3 is 0 Å². The zero-order valence-corrected chi connectivity index (χ0v) is 14.5. The second-order valence-corrected chi connectivity index (χ2v) is 6.21. The summed E-state index contributed by atoms with van der Waals surface area (Å²) >= 11 is 0. The topological polar surface area (TPSA) is 0 Å². The van der Waals surface area contributed by atoms with Crippen LogP contribution in [0, 0.1) is 0 Å². The zero-order valence-electron chi connectivity index (χ0n) is 14.5. The Morgan fingerprint density at radius 2 is 0.615 bits per heavy atom. The van der Waals surface area contributed by atoms with Crippen molar-refractivity contribution in [2.75, 3.05) is 0 Å². The molecule has 0 unspecified atom stereocenters. The first-order valence-corrected chi connectivity index (χ1v) is 8.89. The van der Waals surface area contributed by atoms with Crippen molar-refractivity contribution < 1.29 is 0 Å². The summed E-state index contributed by atoms with van der Waals surface area (Å²) in [4.78, 5) is 0. The Morgan fingerprint density at radius 1 is 0.269 bits per heavy atom. The number of fused-ring (bicyclic) bond motifs is 2. The fourth-order valence-electron chi connectivity index (χ4n) is 3.31. The Morgan fingerprint density at radius 3 is 1.04 bits per heavy atom. The molecule has 26 heavy (non-hydrogen) atoms. The molecule has 0 heteroatoms. The van der Waals surface area contributed by atoms with Crippen LogP contribution in [0.1, 0.15) is 0 Å². The van der Waals surface area contributed by atoms with Crippen LogP contribution in [0.15, 0.2) is 121 Å². The standard InChI is InChI=1S/C20H14.C6H6/c1-3-11-17-15(7-1)9-5-13-19(17)20-14-6-10-16-8-2-4-12-18(16)20;1-2-4-6-5-3-1/h1-14H;1-6H. The van der Waals surface area contributed by atoms with Crippen molar-refractivity contribution in [1.29, 1.82) is 0 Å². The van der Waals surface area contributed by atoms with E-state index in [4.69, 9.17) is 0 Å². The highest BCUT2D eigenvalue weighted by Crippen LogP contribution is 2.33. The first-order valence-electron chi connectivity index (χ1n) is 8.89. The molecule has 0 saturated carbocycles. The van der Waals surface area contributed by atoms with Crippen LogP contribution in [-0.2, 0) is 0 Å². The van der Waals surface area contributed by atoms with Crippen LogP contribution in [0.5, 0.6) is 0 Å². The second kappa shape index (κ2) is 7.67. The van der Waals surface area contributed by atoms with Gasteiger partial charge in [-0.2, -0.15) is 0 Å². The molecular formula is C26H20. The van der Waals surface area contributed by atoms with Gasteiger partial charge >= 0.3 is 0 Å². The van der Waals surface area contributed by atoms with Crippen molar-refractivity contribution >= 4 is 21.5 Å². The Labute approximate surface area is 154 Å². The van der Waals surface area contributed by atoms with Gasteiger partial charge in [-0.05, 0) is 32.7 Å². The largest absolute Gasteiger partial charge is 0.0623 e. The third-order valence-corrected chi connectivity index (χ3v) is 4.54. The van der Waals surface area contributed by atoms with E-state index in [-0.39, 0.29) is 0 Å². The van der Waals surface area contributed by atoms with Crippen molar-refractivity contribution in [3.63, 3.8) is 0 Å². The summed E-state index contributed by atoms with van der Waals surface area (Å²) in [6.07, 6.45) is 0. The van der Waals surface area contributed by atoms with Crippen molar-refractivity contribution in [2.24, 2.45) is 0 Å². The molecular weight excluding hydrogens is 312 g/mol. The molecule has 0 aliphatic rings. The van der Waals surface area contributed by atoms with Crippen LogP contribution in [-0.4, -0.2) is 0 Å². The molecule has 0 fully saturated rings. The average molecular weight is 332 g/mol. The summed E-state index contributed by atoms with van der Waals surface area (Å²) in [5.41, 5.74) is 2.61. The summed E-state index contributed by atoms with van der Waals surface area (Å²) in [6.45, 7) is 0. The van der Waals surface area contributed by atoms with Crippen molar-refractivity contribution in [3.8, 4) is 11.1 Å². The van der Waals surface area contributed by atoms with Crippen LogP contribution in [0.25, 0.3) is 32.7 Å². The molecule has 0 amide bonds. The van der Waals surface area contributed by atoms with E-state index < -0.39 is 0 Å². The maximum Gasteiger partial charge on any atom is -0.00992 e. The van der Waals surface area contributed by atoms with Crippen molar-refractivity contribution in [2.45, 2.75) is 0 Å². The highest BCUT2D eigenvalue weighted by molar-refractivity contribution is 6.05. The lowest BCUT2D eigenvalue weighted by Gasteiger charge is -2.10. The third-order valence-electron chi connectivity index (χ3n) is 4.54. The number of benzene rings is 5. The monoisotopic (exact) mass is 332 g/mol. The highest BCUT2D eigenvalue weighted by Gasteiger charge is 2.06. The van der Waals surface area contributed by atoms with Gasteiger partial charge in [0.2, 0.25) is 0 Å². The van der Waals surface area contributed by atoms with Crippen LogP contribution >= 0.6 is 0 Å². The minimum absolute atomic E-state index is 1.29. The molecule has 0 aromatic heterocycles. The van der Waals surface area contributed by atoms with Crippen LogP contribution in [0.2, 0.25) is 0 Å². The maximum atomic E-state index is 2.21. The lowest BCUT2D eigenvalue weighted by Crippen LogP contribution is -1.83. The molecule has 124 valence electrons. The van der Waals surface area contributed by atoms with Crippen molar-refractivity contribution in [3.05, 3.63) is 121 Å². The molecule has 5 rings (SSSR count). The fourth-order valence-corrected chi connectivity index (χ4v) is 3.31. The minimum atomic E-state index is 1.29. The van der Waals surface area contributed by atoms with Crippen molar-refractivity contribution in [1.82, 2.24) is 0 Å². The number of hydrogen-bond acceptors (Lipinski definition) is 0. The molecule has 0 bridgehead atoms. The summed E-state index contributed by atoms with van der Waals surface area (Å²) in [5, 5.41) is 5.20. The maximum absolute atomic E-state index is 2.21. The molecule has 0 nitrogen and oxygen atoms in total. The van der Waals surface area contributed by atoms with Crippen LogP contribution < -0.4 is 0 Å². The number of hydrogen-bond donors (Lipinski definition) is 0. The van der Waals surface area contributed by atoms with Gasteiger partial charge in [0.1, 0.15) is 0 Å². The van der Waals surface area contributed by atoms with E-state index in [0.29, 0.717) is 0 Å². The Kier molecular flexibility index (Phi) is 4.75. The number of rotatable bonds is 1. The first-order chi connectivity index (χ1) is 12.9. The SMILES string of the molecule is c1ccc2c(-c3cccc4ccccc34)cccc2c1.c1ccccc1. The molecule has 0 aliphatic carbocycles. The zero-order chi connectivity index (χ0) is 17.6. The normalized spacial score (nSPS) is 10.3. The van der Waals surface area contributed by atoms with E-state index >= 15 is 0 Å². The summed E-state index contributed by atoms with van der Waals surface area (Å²) in [7, 11) is 0. The average Bonchev–Trinajstić information content (AvgIpc) is 2.75. The highest BCUT2D eigenvalue weighted by atomic mass is 14.1. The van der Waals surface area contributed by atoms with E-state index in [9.17, 15) is 0 Å². The van der Waals surface area contributed by atoms with Gasteiger partial charge in [-0.3, -0.25) is 0 Å². The van der Waals surface area contributed by atoms with E-state index in [0.717, 1.165) is 0 Å². The lowest BCUT2D eigenvalue weighted by molar-refractivity contribution is 1.68. The van der Waals surface area contributed by atoms with Gasteiger partial charge in [-0.15, -0.1) is 0 Å². The summed E-state index contributed by atoms with van der Waals surface area (Å²) in [5.74, 6) is 0. The van der Waals surface area contributed by atoms with E-state index in [1.165, 1.54) is 32.7 Å². The van der Waals surface area contributed by atoms with Gasteiger partial charge in [0.05, 0.1) is 0 Å². The Hall–Kier alpha value is -3.38. The first kappa shape index (κ1) is 16.1. The molecule has 5 aromatic carbocycles. The van der Waals surface area contributed by atoms with Gasteiger partial charge in [-0.25, -0.2) is 0 Å². The summed E-state index contributed by atoms with van der Waals surface area (Å²) in [6, 6.07) is 42.2. The third kappa shape index (κ3) is 3.36. The molecule has 0 saturated heterocycles. The molecule has 0 aliphatic heterocycles. The Bertz CT molecular complexity index is 1010. The van der Waals surface area contributed by atoms with Gasteiger partial charge in [0.25, 0.3) is 0 Å². The molecule has 0 radical (unpaired) electrons. The minimum Gasteiger partial charge on any atom is -0.0623 e. The predicted octanol–water partition coefficient (Wildman–Crippen LogP) is 7.35. The van der Waals surface area contributed by atoms with Gasteiger partial charge in [0.15, 0.2) is 0 Å². The molecule has 5 aromatic rings. The summed E-state index contributed by atoms with van der Waals surface area (Å²) < 4.78 is 0. The van der Waals surface area contributed by atoms with E-state index in [1.807, 2.05) is 36.4 Å². The molecule has 0 atom stereocenters. The van der Waals surface area contributed by atoms with Gasteiger partial charge in [0, 0.05) is 0 Å². The molecule has 0 N–H and O–H groups in total. The van der Waals surface area contributed by atoms with E-state index in [2.05, 4.69) is 84.9 Å². The van der Waals surface area contributed by atoms with E-state index in [1.54, 1.807) is 0 Å². The predicted molar refractivity (Wildman–Crippen MR) is 113 cm³/mol. The second-order valence-electron chi connectivity index (χ2n) is 6.21. The molecule has 0 heterocycles. The van der Waals surface area contributed by atoms with Crippen LogP contribution in [0.3, 0.4) is 0 Å². The lowest BCUT2D eigenvalue weighted by atomic mass is 9.94. The van der Waals surface area contributed by atoms with Crippen LogP contribution in [0.4, 0.5) is 0 Å². The Balaban J connectivity index is 0.000000240. The van der Waals surface area contributed by atoms with Gasteiger partial charge in [-0.1, -0.05) is 121 Å². The smallest absolute Gasteiger partial charge is 0.00992 e. The quantitative estimate of drug-likeness (QED) is 0.301. The fraction of sp³-hybridized carbons (Fsp3) is 0.